The van der Waals surface area contributed by atoms with Crippen molar-refractivity contribution in [2.75, 3.05) is 0 Å². The van der Waals surface area contributed by atoms with Gasteiger partial charge in [0.25, 0.3) is 0 Å². The minimum Gasteiger partial charge on any atom is -0.493 e. The molecule has 4 rings (SSSR count). The minimum absolute atomic E-state index is 0.0838. The zero-order chi connectivity index (χ0) is 24.3. The number of aromatic hydroxyl groups is 1. The summed E-state index contributed by atoms with van der Waals surface area (Å²) in [5.74, 6) is -0.497. The molecule has 1 aliphatic rings. The molecule has 5 nitrogen and oxygen atoms in total. The Labute approximate surface area is 243 Å². The fourth-order valence-corrected chi connectivity index (χ4v) is 5.55. The van der Waals surface area contributed by atoms with Crippen molar-refractivity contribution in [1.82, 2.24) is 9.88 Å². The van der Waals surface area contributed by atoms with Crippen molar-refractivity contribution in [3.05, 3.63) is 83.3 Å². The van der Waals surface area contributed by atoms with Crippen molar-refractivity contribution < 1.29 is 9.50 Å². The van der Waals surface area contributed by atoms with Gasteiger partial charge in [0.2, 0.25) is 11.0 Å². The summed E-state index contributed by atoms with van der Waals surface area (Å²) in [6, 6.07) is 12.5. The van der Waals surface area contributed by atoms with Crippen LogP contribution < -0.4 is 5.32 Å². The first-order valence-corrected chi connectivity index (χ1v) is 14.1. The molecular weight excluding hydrogens is 792 g/mol. The van der Waals surface area contributed by atoms with Gasteiger partial charge < -0.3 is 15.0 Å². The smallest absolute Gasteiger partial charge is 0.221 e. The molecule has 10 heteroatoms. The van der Waals surface area contributed by atoms with Crippen LogP contribution in [0.1, 0.15) is 30.4 Å². The predicted molar refractivity (Wildman–Crippen MR) is 164 cm³/mol. The van der Waals surface area contributed by atoms with Gasteiger partial charge in [0, 0.05) is 11.1 Å². The highest BCUT2D eigenvalue weighted by atomic mass is 127. The zero-order valence-corrected chi connectivity index (χ0v) is 25.1. The number of alkyl halides is 3. The second-order valence-corrected chi connectivity index (χ2v) is 19.2. The monoisotopic (exact) mass is 812 g/mol. The normalized spacial score (nSPS) is 14.4. The van der Waals surface area contributed by atoms with Crippen LogP contribution in [0.5, 0.6) is 5.88 Å². The Balaban J connectivity index is 1.69. The molecule has 176 valence electrons. The highest BCUT2D eigenvalue weighted by Gasteiger charge is 2.25. The van der Waals surface area contributed by atoms with E-state index in [1.54, 1.807) is 10.6 Å². The molecule has 0 radical (unpaired) electrons. The number of nitrogens with zero attached hydrogens (tertiary/aromatic N) is 3. The van der Waals surface area contributed by atoms with Crippen LogP contribution in [0.2, 0.25) is 0 Å². The Morgan fingerprint density at radius 1 is 1.21 bits per heavy atom. The minimum atomic E-state index is -0.414. The lowest BCUT2D eigenvalue weighted by Gasteiger charge is -2.18. The van der Waals surface area contributed by atoms with Crippen LogP contribution in [-0.2, 0) is 5.98 Å². The predicted octanol–water partition coefficient (Wildman–Crippen LogP) is 8.53. The van der Waals surface area contributed by atoms with E-state index < -0.39 is 5.82 Å². The Kier molecular flexibility index (Phi) is 8.61. The average Bonchev–Trinajstić information content (AvgIpc) is 2.94. The quantitative estimate of drug-likeness (QED) is 0.118. The maximum absolute atomic E-state index is 14.1. The highest BCUT2D eigenvalue weighted by molar-refractivity contribution is 14.3. The van der Waals surface area contributed by atoms with Crippen molar-refractivity contribution >= 4 is 102 Å². The molecule has 0 bridgehead atoms. The summed E-state index contributed by atoms with van der Waals surface area (Å²) in [5, 5.41) is 23.2. The Morgan fingerprint density at radius 3 is 2.79 bits per heavy atom. The molecule has 1 heterocycles. The number of thiocarbonyl (C=S) groups is 1. The van der Waals surface area contributed by atoms with Crippen LogP contribution in [0.4, 0.5) is 10.1 Å². The molecule has 0 spiro atoms. The molecule has 2 aromatic carbocycles. The lowest BCUT2D eigenvalue weighted by Crippen LogP contribution is -2.18. The van der Waals surface area contributed by atoms with E-state index in [0.29, 0.717) is 17.4 Å². The molecule has 1 aromatic heterocycles. The van der Waals surface area contributed by atoms with E-state index in [1.165, 1.54) is 12.1 Å². The first-order chi connectivity index (χ1) is 16.2. The van der Waals surface area contributed by atoms with Gasteiger partial charge >= 0.3 is 0 Å². The number of aromatic nitrogens is 1. The van der Waals surface area contributed by atoms with Gasteiger partial charge in [0.1, 0.15) is 5.25 Å². The van der Waals surface area contributed by atoms with Crippen molar-refractivity contribution in [3.63, 3.8) is 0 Å². The largest absolute Gasteiger partial charge is 0.493 e. The number of hydrogen-bond donors (Lipinski definition) is 2. The van der Waals surface area contributed by atoms with E-state index in [1.807, 2.05) is 30.4 Å². The van der Waals surface area contributed by atoms with Crippen molar-refractivity contribution in [1.29, 1.82) is 0 Å². The molecule has 0 unspecified atom stereocenters. The maximum Gasteiger partial charge on any atom is 0.221 e. The van der Waals surface area contributed by atoms with E-state index in [9.17, 15) is 9.50 Å². The third-order valence-corrected chi connectivity index (χ3v) is 7.31. The molecule has 0 saturated heterocycles. The van der Waals surface area contributed by atoms with Crippen LogP contribution in [0.25, 0.3) is 10.9 Å². The molecule has 0 saturated carbocycles. The molecule has 3 aromatic rings. The standard InChI is InChI=1S/C24H20FI3N4OS/c25-16-11-12-20-18(13-16)21(30-31-23(34)29-17-8-3-1-2-4-9-17)22(33)32(20)14-15-7-5-6-10-19(15)24(26,27)28/h1,3,5-8,10-13,33H,2,4,9,14H2,(H,29,34). The lowest BCUT2D eigenvalue weighted by molar-refractivity contribution is 0.429. The van der Waals surface area contributed by atoms with Gasteiger partial charge in [0.05, 0.1) is 12.1 Å². The summed E-state index contributed by atoms with van der Waals surface area (Å²) in [7, 11) is 0. The van der Waals surface area contributed by atoms with Crippen LogP contribution in [0.15, 0.2) is 76.6 Å². The Hall–Kier alpha value is -1.13. The number of allylic oxidation sites excluding steroid dienone is 4. The first kappa shape index (κ1) is 25.9. The van der Waals surface area contributed by atoms with E-state index >= 15 is 0 Å². The van der Waals surface area contributed by atoms with Gasteiger partial charge in [-0.3, -0.25) is 0 Å². The van der Waals surface area contributed by atoms with E-state index in [0.717, 1.165) is 36.1 Å². The highest BCUT2D eigenvalue weighted by Crippen LogP contribution is 2.48. The van der Waals surface area contributed by atoms with Gasteiger partial charge in [-0.15, -0.1) is 10.2 Å². The van der Waals surface area contributed by atoms with Crippen molar-refractivity contribution in [3.8, 4) is 5.88 Å². The van der Waals surface area contributed by atoms with Crippen molar-refractivity contribution in [2.24, 2.45) is 10.2 Å². The molecule has 0 fully saturated rings. The Morgan fingerprint density at radius 2 is 2.00 bits per heavy atom. The summed E-state index contributed by atoms with van der Waals surface area (Å²) >= 11 is 12.5. The zero-order valence-electron chi connectivity index (χ0n) is 17.8. The number of fused-ring (bicyclic) bond motifs is 1. The summed E-state index contributed by atoms with van der Waals surface area (Å²) < 4.78 is 15.7. The molecular formula is C24H20FI3N4OS. The number of rotatable bonds is 5. The first-order valence-electron chi connectivity index (χ1n) is 10.5. The summed E-state index contributed by atoms with van der Waals surface area (Å²) in [6.45, 7) is 0.401. The molecule has 0 amide bonds. The fourth-order valence-electron chi connectivity index (χ4n) is 3.80. The number of halogens is 4. The van der Waals surface area contributed by atoms with E-state index in [4.69, 9.17) is 12.2 Å². The summed E-state index contributed by atoms with van der Waals surface area (Å²) in [6.07, 6.45) is 8.98. The second-order valence-electron chi connectivity index (χ2n) is 7.72. The number of hydrogen-bond acceptors (Lipinski definition) is 3. The topological polar surface area (TPSA) is 61.9 Å². The third kappa shape index (κ3) is 6.16. The number of benzene rings is 2. The summed E-state index contributed by atoms with van der Waals surface area (Å²) in [4.78, 5) is 0. The van der Waals surface area contributed by atoms with E-state index in [-0.39, 0.29) is 16.1 Å². The van der Waals surface area contributed by atoms with Gasteiger partial charge in [-0.1, -0.05) is 36.4 Å². The summed E-state index contributed by atoms with van der Waals surface area (Å²) in [5.41, 5.74) is 4.01. The van der Waals surface area contributed by atoms with Gasteiger partial charge in [-0.25, -0.2) is 4.39 Å². The molecule has 0 atom stereocenters. The van der Waals surface area contributed by atoms with Gasteiger partial charge in [-0.05, 0) is 135 Å². The van der Waals surface area contributed by atoms with Crippen LogP contribution in [0, 0.1) is 5.82 Å². The number of nitrogens with one attached hydrogen (secondary N) is 1. The third-order valence-electron chi connectivity index (χ3n) is 5.38. The maximum atomic E-state index is 14.1. The van der Waals surface area contributed by atoms with Gasteiger partial charge in [0.15, 0.2) is 5.69 Å². The fraction of sp³-hybridized carbons (Fsp3) is 0.208. The number of azo groups is 1. The Bertz CT molecular complexity index is 1330. The van der Waals surface area contributed by atoms with Crippen LogP contribution >= 0.6 is 80.0 Å². The molecule has 34 heavy (non-hydrogen) atoms. The second kappa shape index (κ2) is 11.3. The van der Waals surface area contributed by atoms with Crippen LogP contribution in [-0.4, -0.2) is 14.8 Å². The lowest BCUT2D eigenvalue weighted by atomic mass is 10.1. The van der Waals surface area contributed by atoms with E-state index in [2.05, 4.69) is 95.5 Å². The molecule has 2 N–H and O–H groups in total. The van der Waals surface area contributed by atoms with Crippen LogP contribution in [0.3, 0.4) is 0 Å². The van der Waals surface area contributed by atoms with Crippen molar-refractivity contribution in [2.45, 2.75) is 25.2 Å². The SMILES string of the molecule is Oc1c(N=NC(=S)NC2=CC=CCCC2)c2cc(F)ccc2n1Cc1ccccc1C(I)(I)I. The van der Waals surface area contributed by atoms with Gasteiger partial charge in [-0.2, -0.15) is 0 Å². The molecule has 0 aliphatic heterocycles. The molecule has 1 aliphatic carbocycles. The average molecular weight is 812 g/mol.